The van der Waals surface area contributed by atoms with E-state index < -0.39 is 6.17 Å². The van der Waals surface area contributed by atoms with Crippen molar-refractivity contribution >= 4 is 0 Å². The first-order valence-electron chi connectivity index (χ1n) is 6.47. The molecule has 0 radical (unpaired) electrons. The molecule has 0 aromatic carbocycles. The number of unbranched alkanes of at least 4 members (excludes halogenated alkanes) is 2. The van der Waals surface area contributed by atoms with Crippen LogP contribution in [0.15, 0.2) is 0 Å². The maximum atomic E-state index is 13.5. The lowest BCUT2D eigenvalue weighted by molar-refractivity contribution is 0.217. The molecule has 0 aliphatic heterocycles. The van der Waals surface area contributed by atoms with Gasteiger partial charge in [-0.3, -0.25) is 0 Å². The third-order valence-corrected chi connectivity index (χ3v) is 3.43. The summed E-state index contributed by atoms with van der Waals surface area (Å²) >= 11 is 0. The van der Waals surface area contributed by atoms with Crippen molar-refractivity contribution in [1.29, 1.82) is 0 Å². The van der Waals surface area contributed by atoms with Gasteiger partial charge in [0.15, 0.2) is 0 Å². The third kappa shape index (κ3) is 4.97. The maximum absolute atomic E-state index is 13.5. The zero-order valence-electron chi connectivity index (χ0n) is 9.60. The van der Waals surface area contributed by atoms with E-state index in [9.17, 15) is 4.39 Å². The molecule has 1 heteroatoms. The first kappa shape index (κ1) is 12.0. The fourth-order valence-corrected chi connectivity index (χ4v) is 2.52. The predicted octanol–water partition coefficient (Wildman–Crippen LogP) is 4.88. The lowest BCUT2D eigenvalue weighted by Crippen LogP contribution is -2.12. The summed E-state index contributed by atoms with van der Waals surface area (Å²) in [5.41, 5.74) is 0. The van der Waals surface area contributed by atoms with Gasteiger partial charge in [0.05, 0.1) is 0 Å². The van der Waals surface area contributed by atoms with Gasteiger partial charge in [-0.2, -0.15) is 0 Å². The van der Waals surface area contributed by atoms with Crippen LogP contribution in [-0.4, -0.2) is 6.17 Å². The zero-order valence-corrected chi connectivity index (χ0v) is 9.60. The monoisotopic (exact) mass is 200 g/mol. The minimum atomic E-state index is -0.510. The van der Waals surface area contributed by atoms with Crippen molar-refractivity contribution in [1.82, 2.24) is 0 Å². The first-order valence-corrected chi connectivity index (χ1v) is 6.47. The van der Waals surface area contributed by atoms with Crippen molar-refractivity contribution < 1.29 is 4.39 Å². The van der Waals surface area contributed by atoms with Gasteiger partial charge in [-0.05, 0) is 18.8 Å². The van der Waals surface area contributed by atoms with Crippen LogP contribution in [0.4, 0.5) is 4.39 Å². The highest BCUT2D eigenvalue weighted by atomic mass is 19.1. The summed E-state index contributed by atoms with van der Waals surface area (Å²) in [7, 11) is 0. The lowest BCUT2D eigenvalue weighted by atomic mass is 9.85. The van der Waals surface area contributed by atoms with E-state index in [1.54, 1.807) is 0 Å². The largest absolute Gasteiger partial charge is 0.247 e. The Kier molecular flexibility index (Phi) is 6.22. The standard InChI is InChI=1S/C13H25F/c1-2-3-5-10-13(14)11-12-8-6-4-7-9-12/h12-13H,2-11H2,1H3. The summed E-state index contributed by atoms with van der Waals surface area (Å²) in [6.45, 7) is 2.17. The SMILES string of the molecule is CCCCCC(F)CC1CCCCC1. The molecule has 1 fully saturated rings. The minimum Gasteiger partial charge on any atom is -0.247 e. The molecule has 0 saturated heterocycles. The summed E-state index contributed by atoms with van der Waals surface area (Å²) < 4.78 is 13.5. The van der Waals surface area contributed by atoms with E-state index in [0.717, 1.165) is 19.3 Å². The molecule has 1 rings (SSSR count). The molecule has 1 aliphatic rings. The summed E-state index contributed by atoms with van der Waals surface area (Å²) in [5.74, 6) is 0.709. The highest BCUT2D eigenvalue weighted by Gasteiger charge is 2.17. The first-order chi connectivity index (χ1) is 6.83. The number of hydrogen-bond donors (Lipinski definition) is 0. The molecule has 0 aromatic heterocycles. The van der Waals surface area contributed by atoms with E-state index in [1.165, 1.54) is 44.9 Å². The van der Waals surface area contributed by atoms with Gasteiger partial charge in [0.25, 0.3) is 0 Å². The Morgan fingerprint density at radius 3 is 2.50 bits per heavy atom. The van der Waals surface area contributed by atoms with E-state index in [2.05, 4.69) is 6.92 Å². The number of hydrogen-bond acceptors (Lipinski definition) is 0. The van der Waals surface area contributed by atoms with Gasteiger partial charge in [-0.15, -0.1) is 0 Å². The van der Waals surface area contributed by atoms with Gasteiger partial charge in [-0.1, -0.05) is 58.3 Å². The maximum Gasteiger partial charge on any atom is 0.100 e. The van der Waals surface area contributed by atoms with Crippen molar-refractivity contribution in [2.75, 3.05) is 0 Å². The molecule has 0 N–H and O–H groups in total. The van der Waals surface area contributed by atoms with Crippen LogP contribution < -0.4 is 0 Å². The Morgan fingerprint density at radius 1 is 1.14 bits per heavy atom. The van der Waals surface area contributed by atoms with Gasteiger partial charge in [0.2, 0.25) is 0 Å². The van der Waals surface area contributed by atoms with Crippen LogP contribution >= 0.6 is 0 Å². The Morgan fingerprint density at radius 2 is 1.86 bits per heavy atom. The molecule has 0 heterocycles. The van der Waals surface area contributed by atoms with E-state index in [-0.39, 0.29) is 0 Å². The second kappa shape index (κ2) is 7.25. The van der Waals surface area contributed by atoms with Crippen LogP contribution in [0.1, 0.15) is 71.1 Å². The van der Waals surface area contributed by atoms with Crippen molar-refractivity contribution in [2.24, 2.45) is 5.92 Å². The fraction of sp³-hybridized carbons (Fsp3) is 1.00. The van der Waals surface area contributed by atoms with Crippen LogP contribution in [0.25, 0.3) is 0 Å². The predicted molar refractivity (Wildman–Crippen MR) is 60.2 cm³/mol. The highest BCUT2D eigenvalue weighted by molar-refractivity contribution is 4.70. The summed E-state index contributed by atoms with van der Waals surface area (Å²) in [4.78, 5) is 0. The Bertz CT molecular complexity index is 127. The van der Waals surface area contributed by atoms with E-state index in [1.807, 2.05) is 0 Å². The summed E-state index contributed by atoms with van der Waals surface area (Å²) in [6, 6.07) is 0. The van der Waals surface area contributed by atoms with Crippen LogP contribution in [0.2, 0.25) is 0 Å². The Balaban J connectivity index is 2.03. The van der Waals surface area contributed by atoms with Crippen LogP contribution in [0.5, 0.6) is 0 Å². The molecule has 0 aromatic rings. The number of alkyl halides is 1. The smallest absolute Gasteiger partial charge is 0.100 e. The van der Waals surface area contributed by atoms with Gasteiger partial charge in [0.1, 0.15) is 6.17 Å². The number of rotatable bonds is 6. The van der Waals surface area contributed by atoms with Crippen molar-refractivity contribution in [3.8, 4) is 0 Å². The van der Waals surface area contributed by atoms with Crippen molar-refractivity contribution in [2.45, 2.75) is 77.3 Å². The molecular formula is C13H25F. The van der Waals surface area contributed by atoms with Crippen LogP contribution in [-0.2, 0) is 0 Å². The van der Waals surface area contributed by atoms with E-state index in [4.69, 9.17) is 0 Å². The zero-order chi connectivity index (χ0) is 10.2. The third-order valence-electron chi connectivity index (χ3n) is 3.43. The fourth-order valence-electron chi connectivity index (χ4n) is 2.52. The quantitative estimate of drug-likeness (QED) is 0.536. The lowest BCUT2D eigenvalue weighted by Gasteiger charge is -2.22. The van der Waals surface area contributed by atoms with Gasteiger partial charge in [-0.25, -0.2) is 4.39 Å². The highest BCUT2D eigenvalue weighted by Crippen LogP contribution is 2.29. The summed E-state index contributed by atoms with van der Waals surface area (Å²) in [5, 5.41) is 0. The molecule has 1 unspecified atom stereocenters. The van der Waals surface area contributed by atoms with Gasteiger partial charge < -0.3 is 0 Å². The molecule has 0 nitrogen and oxygen atoms in total. The van der Waals surface area contributed by atoms with Gasteiger partial charge >= 0.3 is 0 Å². The normalized spacial score (nSPS) is 21.0. The molecule has 0 bridgehead atoms. The molecule has 14 heavy (non-hydrogen) atoms. The topological polar surface area (TPSA) is 0 Å². The second-order valence-corrected chi connectivity index (χ2v) is 4.83. The Labute approximate surface area is 88.3 Å². The average molecular weight is 200 g/mol. The minimum absolute atomic E-state index is 0.510. The van der Waals surface area contributed by atoms with Crippen LogP contribution in [0, 0.1) is 5.92 Å². The molecule has 1 aliphatic carbocycles. The van der Waals surface area contributed by atoms with Crippen LogP contribution in [0.3, 0.4) is 0 Å². The molecule has 1 saturated carbocycles. The average Bonchev–Trinajstić information content (AvgIpc) is 2.20. The Hall–Kier alpha value is -0.0700. The molecule has 0 spiro atoms. The van der Waals surface area contributed by atoms with Crippen molar-refractivity contribution in [3.63, 3.8) is 0 Å². The molecular weight excluding hydrogens is 175 g/mol. The molecule has 84 valence electrons. The van der Waals surface area contributed by atoms with E-state index >= 15 is 0 Å². The van der Waals surface area contributed by atoms with E-state index in [0.29, 0.717) is 5.92 Å². The van der Waals surface area contributed by atoms with Crippen molar-refractivity contribution in [3.05, 3.63) is 0 Å². The number of halogens is 1. The summed E-state index contributed by atoms with van der Waals surface area (Å²) in [6.07, 6.45) is 11.3. The van der Waals surface area contributed by atoms with Gasteiger partial charge in [0, 0.05) is 0 Å². The second-order valence-electron chi connectivity index (χ2n) is 4.83. The molecule has 1 atom stereocenters. The molecule has 0 amide bonds.